The van der Waals surface area contributed by atoms with Gasteiger partial charge in [0.2, 0.25) is 0 Å². The van der Waals surface area contributed by atoms with Crippen molar-refractivity contribution < 1.29 is 9.84 Å². The first-order valence-electron chi connectivity index (χ1n) is 6.87. The monoisotopic (exact) mass is 257 g/mol. The van der Waals surface area contributed by atoms with Crippen LogP contribution in [0, 0.1) is 0 Å². The molecule has 1 N–H and O–H groups in total. The minimum absolute atomic E-state index is 0.376. The lowest BCUT2D eigenvalue weighted by atomic mass is 9.85. The Morgan fingerprint density at radius 1 is 1.21 bits per heavy atom. The number of ether oxygens (including phenoxy) is 1. The highest BCUT2D eigenvalue weighted by molar-refractivity contribution is 5.31. The van der Waals surface area contributed by atoms with Crippen LogP contribution in [0.15, 0.2) is 42.8 Å². The minimum atomic E-state index is -0.768. The molecule has 0 radical (unpaired) electrons. The highest BCUT2D eigenvalue weighted by Gasteiger charge is 2.32. The normalized spacial score (nSPS) is 25.4. The van der Waals surface area contributed by atoms with Crippen molar-refractivity contribution in [1.29, 1.82) is 0 Å². The minimum Gasteiger partial charge on any atom is -0.385 e. The highest BCUT2D eigenvalue weighted by atomic mass is 16.5. The summed E-state index contributed by atoms with van der Waals surface area (Å²) < 4.78 is 5.33. The molecule has 1 atom stereocenters. The Kier molecular flexibility index (Phi) is 3.49. The molecule has 19 heavy (non-hydrogen) atoms. The molecule has 100 valence electrons. The quantitative estimate of drug-likeness (QED) is 0.885. The molecule has 0 amide bonds. The Labute approximate surface area is 113 Å². The fourth-order valence-corrected chi connectivity index (χ4v) is 2.74. The summed E-state index contributed by atoms with van der Waals surface area (Å²) in [5, 5.41) is 10.7. The molecule has 1 aliphatic carbocycles. The second kappa shape index (κ2) is 5.27. The second-order valence-corrected chi connectivity index (χ2v) is 5.31. The van der Waals surface area contributed by atoms with Crippen LogP contribution in [-0.2, 0) is 10.3 Å². The van der Waals surface area contributed by atoms with Gasteiger partial charge in [-0.2, -0.15) is 0 Å². The maximum absolute atomic E-state index is 10.7. The van der Waals surface area contributed by atoms with Crippen molar-refractivity contribution in [2.45, 2.75) is 30.8 Å². The van der Waals surface area contributed by atoms with Gasteiger partial charge in [-0.05, 0) is 18.1 Å². The Hall–Kier alpha value is -1.45. The van der Waals surface area contributed by atoms with Crippen LogP contribution in [0.5, 0.6) is 0 Å². The molecule has 1 saturated heterocycles. The zero-order valence-corrected chi connectivity index (χ0v) is 11.0. The molecule has 0 saturated carbocycles. The van der Waals surface area contributed by atoms with E-state index in [0.29, 0.717) is 32.0 Å². The van der Waals surface area contributed by atoms with E-state index in [1.165, 1.54) is 5.56 Å². The smallest absolute Gasteiger partial charge is 0.0955 e. The fourth-order valence-electron chi connectivity index (χ4n) is 2.74. The third-order valence-corrected chi connectivity index (χ3v) is 4.03. The summed E-state index contributed by atoms with van der Waals surface area (Å²) in [7, 11) is 0. The van der Waals surface area contributed by atoms with Gasteiger partial charge in [0.25, 0.3) is 0 Å². The van der Waals surface area contributed by atoms with Crippen LogP contribution >= 0.6 is 0 Å². The molecule has 1 unspecified atom stereocenters. The van der Waals surface area contributed by atoms with Crippen molar-refractivity contribution in [2.75, 3.05) is 13.2 Å². The van der Waals surface area contributed by atoms with Gasteiger partial charge in [0.15, 0.2) is 0 Å². The van der Waals surface area contributed by atoms with Crippen molar-refractivity contribution in [3.63, 3.8) is 0 Å². The molecule has 1 aromatic heterocycles. The summed E-state index contributed by atoms with van der Waals surface area (Å²) >= 11 is 0. The first-order valence-corrected chi connectivity index (χ1v) is 6.87. The molecule has 2 heterocycles. The van der Waals surface area contributed by atoms with Crippen LogP contribution in [0.3, 0.4) is 0 Å². The molecular formula is C16H19NO2. The molecule has 0 spiro atoms. The van der Waals surface area contributed by atoms with Gasteiger partial charge in [0, 0.05) is 49.9 Å². The lowest BCUT2D eigenvalue weighted by Crippen LogP contribution is -2.33. The topological polar surface area (TPSA) is 42.4 Å². The largest absolute Gasteiger partial charge is 0.385 e. The Morgan fingerprint density at radius 2 is 2.05 bits per heavy atom. The van der Waals surface area contributed by atoms with Crippen molar-refractivity contribution in [3.8, 4) is 0 Å². The van der Waals surface area contributed by atoms with E-state index in [2.05, 4.69) is 35.4 Å². The maximum Gasteiger partial charge on any atom is 0.0955 e. The molecule has 2 aliphatic rings. The maximum atomic E-state index is 10.7. The van der Waals surface area contributed by atoms with Crippen molar-refractivity contribution in [1.82, 2.24) is 4.98 Å². The molecule has 0 bridgehead atoms. The van der Waals surface area contributed by atoms with E-state index >= 15 is 0 Å². The predicted octanol–water partition coefficient (Wildman–Crippen LogP) is 2.68. The van der Waals surface area contributed by atoms with Crippen molar-refractivity contribution in [3.05, 3.63) is 53.9 Å². The number of rotatable bonds is 2. The fraction of sp³-hybridized carbons (Fsp3) is 0.438. The van der Waals surface area contributed by atoms with Gasteiger partial charge >= 0.3 is 0 Å². The number of pyridine rings is 1. The van der Waals surface area contributed by atoms with E-state index in [-0.39, 0.29) is 0 Å². The van der Waals surface area contributed by atoms with Crippen molar-refractivity contribution >= 4 is 0 Å². The average molecular weight is 257 g/mol. The third kappa shape index (κ3) is 2.62. The SMILES string of the molecule is OC1(c2cncc(C3C=CC=CC3)c2)CCOCC1. The number of aliphatic hydroxyl groups is 1. The highest BCUT2D eigenvalue weighted by Crippen LogP contribution is 2.33. The summed E-state index contributed by atoms with van der Waals surface area (Å²) in [4.78, 5) is 4.32. The number of nitrogens with zero attached hydrogens (tertiary/aromatic N) is 1. The van der Waals surface area contributed by atoms with Gasteiger partial charge in [-0.1, -0.05) is 24.3 Å². The second-order valence-electron chi connectivity index (χ2n) is 5.31. The Balaban J connectivity index is 1.87. The summed E-state index contributed by atoms with van der Waals surface area (Å²) in [6.07, 6.45) is 14.5. The number of hydrogen-bond donors (Lipinski definition) is 1. The molecule has 1 aliphatic heterocycles. The van der Waals surface area contributed by atoms with Crippen LogP contribution in [0.25, 0.3) is 0 Å². The number of aromatic nitrogens is 1. The third-order valence-electron chi connectivity index (χ3n) is 4.03. The molecule has 1 aromatic rings. The van der Waals surface area contributed by atoms with Crippen LogP contribution < -0.4 is 0 Å². The first kappa shape index (κ1) is 12.6. The standard InChI is InChI=1S/C16H19NO2/c18-16(6-8-19-9-7-16)15-10-14(11-17-12-15)13-4-2-1-3-5-13/h1-4,10-13,18H,5-9H2. The lowest BCUT2D eigenvalue weighted by Gasteiger charge is -2.32. The van der Waals surface area contributed by atoms with E-state index in [1.807, 2.05) is 6.20 Å². The zero-order valence-electron chi connectivity index (χ0n) is 11.0. The van der Waals surface area contributed by atoms with E-state index < -0.39 is 5.60 Å². The van der Waals surface area contributed by atoms with Gasteiger partial charge in [-0.3, -0.25) is 4.98 Å². The summed E-state index contributed by atoms with van der Waals surface area (Å²) in [6.45, 7) is 1.24. The van der Waals surface area contributed by atoms with Gasteiger partial charge in [-0.15, -0.1) is 0 Å². The molecule has 1 fully saturated rings. The Morgan fingerprint density at radius 3 is 2.79 bits per heavy atom. The number of allylic oxidation sites excluding steroid dienone is 4. The number of hydrogen-bond acceptors (Lipinski definition) is 3. The van der Waals surface area contributed by atoms with E-state index in [9.17, 15) is 5.11 Å². The molecule has 3 heteroatoms. The van der Waals surface area contributed by atoms with Crippen LogP contribution in [0.1, 0.15) is 36.3 Å². The van der Waals surface area contributed by atoms with Gasteiger partial charge < -0.3 is 9.84 Å². The van der Waals surface area contributed by atoms with Crippen LogP contribution in [0.4, 0.5) is 0 Å². The van der Waals surface area contributed by atoms with Crippen LogP contribution in [-0.4, -0.2) is 23.3 Å². The van der Waals surface area contributed by atoms with Gasteiger partial charge in [0.1, 0.15) is 0 Å². The van der Waals surface area contributed by atoms with Gasteiger partial charge in [0.05, 0.1) is 5.60 Å². The molecular weight excluding hydrogens is 238 g/mol. The zero-order chi connectivity index (χ0) is 13.1. The predicted molar refractivity (Wildman–Crippen MR) is 73.8 cm³/mol. The van der Waals surface area contributed by atoms with Crippen LogP contribution in [0.2, 0.25) is 0 Å². The summed E-state index contributed by atoms with van der Waals surface area (Å²) in [5.74, 6) is 0.376. The Bertz CT molecular complexity index is 501. The van der Waals surface area contributed by atoms with Gasteiger partial charge in [-0.25, -0.2) is 0 Å². The molecule has 3 rings (SSSR count). The first-order chi connectivity index (χ1) is 9.28. The average Bonchev–Trinajstić information content (AvgIpc) is 2.49. The van der Waals surface area contributed by atoms with E-state index in [4.69, 9.17) is 4.74 Å². The lowest BCUT2D eigenvalue weighted by molar-refractivity contribution is -0.0681. The molecule has 0 aromatic carbocycles. The summed E-state index contributed by atoms with van der Waals surface area (Å²) in [5.41, 5.74) is 1.34. The van der Waals surface area contributed by atoms with Crippen molar-refractivity contribution in [2.24, 2.45) is 0 Å². The summed E-state index contributed by atoms with van der Waals surface area (Å²) in [6, 6.07) is 2.10. The van der Waals surface area contributed by atoms with E-state index in [0.717, 1.165) is 12.0 Å². The molecule has 3 nitrogen and oxygen atoms in total. The van der Waals surface area contributed by atoms with E-state index in [1.54, 1.807) is 6.20 Å².